The predicted molar refractivity (Wildman–Crippen MR) is 150 cm³/mol. The van der Waals surface area contributed by atoms with E-state index in [4.69, 9.17) is 15.5 Å². The van der Waals surface area contributed by atoms with Crippen LogP contribution in [0.5, 0.6) is 11.5 Å². The summed E-state index contributed by atoms with van der Waals surface area (Å²) in [6, 6.07) is 16.2. The first-order valence-electron chi connectivity index (χ1n) is 14.4. The molecule has 38 heavy (non-hydrogen) atoms. The Bertz CT molecular complexity index is 1110. The van der Waals surface area contributed by atoms with Crippen molar-refractivity contribution in [1.29, 1.82) is 0 Å². The van der Waals surface area contributed by atoms with Gasteiger partial charge in [0.25, 0.3) is 0 Å². The first-order valence-corrected chi connectivity index (χ1v) is 14.4. The number of fused-ring (bicyclic) bond motifs is 1. The van der Waals surface area contributed by atoms with Gasteiger partial charge in [-0.05, 0) is 81.2 Å². The predicted octanol–water partition coefficient (Wildman–Crippen LogP) is 5.73. The van der Waals surface area contributed by atoms with E-state index >= 15 is 0 Å². The number of hydrogen-bond donors (Lipinski definition) is 2. The number of ether oxygens (including phenoxy) is 1. The highest BCUT2D eigenvalue weighted by Crippen LogP contribution is 2.37. The number of carbonyl (C=O) groups is 1. The Kier molecular flexibility index (Phi) is 8.52. The summed E-state index contributed by atoms with van der Waals surface area (Å²) in [6.45, 7) is 0.632. The van der Waals surface area contributed by atoms with Gasteiger partial charge in [-0.3, -0.25) is 4.79 Å². The Labute approximate surface area is 226 Å². The Morgan fingerprint density at radius 3 is 2.53 bits per heavy atom. The van der Waals surface area contributed by atoms with Crippen LogP contribution >= 0.6 is 0 Å². The summed E-state index contributed by atoms with van der Waals surface area (Å²) < 4.78 is 6.08. The highest BCUT2D eigenvalue weighted by Gasteiger charge is 2.35. The van der Waals surface area contributed by atoms with Gasteiger partial charge in [0.1, 0.15) is 11.5 Å². The lowest BCUT2D eigenvalue weighted by Crippen LogP contribution is -2.50. The van der Waals surface area contributed by atoms with Crippen LogP contribution in [0, 0.1) is 5.92 Å². The van der Waals surface area contributed by atoms with Crippen LogP contribution in [0.15, 0.2) is 53.5 Å². The highest BCUT2D eigenvalue weighted by atomic mass is 16.5. The number of aliphatic imine (C=N–C) groups is 1. The number of amides is 1. The Morgan fingerprint density at radius 1 is 1.05 bits per heavy atom. The van der Waals surface area contributed by atoms with E-state index in [0.717, 1.165) is 67.7 Å². The number of para-hydroxylation sites is 1. The molecule has 3 aliphatic rings. The smallest absolute Gasteiger partial charge is 0.222 e. The SMILES string of the molecule is CN(C(=O)CCC([C@H]1CC[C@@H](O)CC1)N1Cc2cc(Oc3ccccc3)ccc2N=C1N)C1CCCCC1. The minimum absolute atomic E-state index is 0.0989. The van der Waals surface area contributed by atoms with Crippen molar-refractivity contribution in [3.8, 4) is 11.5 Å². The van der Waals surface area contributed by atoms with Gasteiger partial charge in [0.2, 0.25) is 5.91 Å². The Hall–Kier alpha value is -3.06. The molecule has 7 nitrogen and oxygen atoms in total. The number of rotatable bonds is 8. The summed E-state index contributed by atoms with van der Waals surface area (Å²) in [5.41, 5.74) is 8.51. The molecule has 2 aliphatic carbocycles. The number of nitrogens with zero attached hydrogens (tertiary/aromatic N) is 3. The van der Waals surface area contributed by atoms with Crippen molar-refractivity contribution in [1.82, 2.24) is 9.80 Å². The van der Waals surface area contributed by atoms with Gasteiger partial charge in [0, 0.05) is 37.7 Å². The molecule has 0 bridgehead atoms. The maximum atomic E-state index is 13.3. The first kappa shape index (κ1) is 26.5. The van der Waals surface area contributed by atoms with E-state index in [0.29, 0.717) is 30.9 Å². The van der Waals surface area contributed by atoms with Crippen LogP contribution in [-0.2, 0) is 11.3 Å². The monoisotopic (exact) mass is 518 g/mol. The molecule has 0 spiro atoms. The molecule has 2 aromatic carbocycles. The number of nitrogens with two attached hydrogens (primary N) is 1. The lowest BCUT2D eigenvalue weighted by molar-refractivity contribution is -0.133. The molecule has 204 valence electrons. The van der Waals surface area contributed by atoms with Crippen LogP contribution in [-0.4, -0.2) is 52.0 Å². The van der Waals surface area contributed by atoms with E-state index in [1.165, 1.54) is 19.3 Å². The van der Waals surface area contributed by atoms with Crippen LogP contribution in [0.25, 0.3) is 0 Å². The number of hydrogen-bond acceptors (Lipinski definition) is 6. The van der Waals surface area contributed by atoms with Crippen molar-refractivity contribution in [2.75, 3.05) is 7.05 Å². The maximum Gasteiger partial charge on any atom is 0.222 e. The van der Waals surface area contributed by atoms with E-state index in [9.17, 15) is 9.90 Å². The fourth-order valence-corrected chi connectivity index (χ4v) is 6.48. The van der Waals surface area contributed by atoms with Crippen LogP contribution < -0.4 is 10.5 Å². The molecule has 3 N–H and O–H groups in total. The quantitative estimate of drug-likeness (QED) is 0.466. The molecule has 2 fully saturated rings. The van der Waals surface area contributed by atoms with Gasteiger partial charge in [-0.25, -0.2) is 4.99 Å². The molecule has 1 amide bonds. The van der Waals surface area contributed by atoms with Gasteiger partial charge < -0.3 is 25.4 Å². The molecule has 2 saturated carbocycles. The average Bonchev–Trinajstić information content (AvgIpc) is 2.95. The summed E-state index contributed by atoms with van der Waals surface area (Å²) in [5, 5.41) is 10.2. The average molecular weight is 519 g/mol. The van der Waals surface area contributed by atoms with Crippen molar-refractivity contribution >= 4 is 17.6 Å². The zero-order valence-electron chi connectivity index (χ0n) is 22.6. The third kappa shape index (κ3) is 6.32. The molecule has 0 radical (unpaired) electrons. The van der Waals surface area contributed by atoms with Crippen molar-refractivity contribution in [3.05, 3.63) is 54.1 Å². The molecule has 0 aromatic heterocycles. The van der Waals surface area contributed by atoms with Crippen LogP contribution in [0.4, 0.5) is 5.69 Å². The van der Waals surface area contributed by atoms with Crippen molar-refractivity contribution < 1.29 is 14.6 Å². The fraction of sp³-hybridized carbons (Fsp3) is 0.548. The minimum atomic E-state index is -0.225. The van der Waals surface area contributed by atoms with Gasteiger partial charge in [-0.15, -0.1) is 0 Å². The van der Waals surface area contributed by atoms with Crippen molar-refractivity contribution in [3.63, 3.8) is 0 Å². The molecule has 1 atom stereocenters. The van der Waals surface area contributed by atoms with Crippen LogP contribution in [0.1, 0.15) is 76.2 Å². The number of guanidine groups is 1. The molecule has 1 unspecified atom stereocenters. The summed E-state index contributed by atoms with van der Waals surface area (Å²) in [4.78, 5) is 22.2. The summed E-state index contributed by atoms with van der Waals surface area (Å²) in [5.74, 6) is 2.67. The van der Waals surface area contributed by atoms with Gasteiger partial charge in [0.15, 0.2) is 5.96 Å². The lowest BCUT2D eigenvalue weighted by atomic mass is 9.80. The molecule has 1 heterocycles. The highest BCUT2D eigenvalue weighted by molar-refractivity contribution is 5.84. The number of aliphatic hydroxyl groups is 1. The molecule has 1 aliphatic heterocycles. The second-order valence-electron chi connectivity index (χ2n) is 11.3. The van der Waals surface area contributed by atoms with Gasteiger partial charge in [-0.1, -0.05) is 37.5 Å². The number of benzene rings is 2. The van der Waals surface area contributed by atoms with E-state index < -0.39 is 0 Å². The third-order valence-corrected chi connectivity index (χ3v) is 8.76. The molecular formula is C31H42N4O3. The standard InChI is InChI=1S/C31H42N4O3/c1-34(24-8-4-2-5-9-24)30(37)19-18-29(22-12-14-25(36)15-13-22)35-21-23-20-27(16-17-28(23)33-31(35)32)38-26-10-6-3-7-11-26/h3,6-7,10-11,16-17,20,22,24-25,29,36H,2,4-5,8-9,12-15,18-19,21H2,1H3,(H2,32,33)/t22-,25+,29?. The molecule has 5 rings (SSSR count). The first-order chi connectivity index (χ1) is 18.5. The van der Waals surface area contributed by atoms with Gasteiger partial charge in [0.05, 0.1) is 11.8 Å². The summed E-state index contributed by atoms with van der Waals surface area (Å²) in [6.07, 6.45) is 10.4. The zero-order chi connectivity index (χ0) is 26.5. The Morgan fingerprint density at radius 2 is 1.79 bits per heavy atom. The third-order valence-electron chi connectivity index (χ3n) is 8.76. The summed E-state index contributed by atoms with van der Waals surface area (Å²) >= 11 is 0. The zero-order valence-corrected chi connectivity index (χ0v) is 22.6. The van der Waals surface area contributed by atoms with Crippen LogP contribution in [0.2, 0.25) is 0 Å². The van der Waals surface area contributed by atoms with E-state index in [2.05, 4.69) is 11.0 Å². The van der Waals surface area contributed by atoms with Gasteiger partial charge >= 0.3 is 0 Å². The normalized spacial score (nSPS) is 22.8. The van der Waals surface area contributed by atoms with Crippen molar-refractivity contribution in [2.24, 2.45) is 16.6 Å². The number of carbonyl (C=O) groups excluding carboxylic acids is 1. The van der Waals surface area contributed by atoms with E-state index in [1.807, 2.05) is 54.4 Å². The second kappa shape index (κ2) is 12.2. The van der Waals surface area contributed by atoms with Crippen LogP contribution in [0.3, 0.4) is 0 Å². The fourth-order valence-electron chi connectivity index (χ4n) is 6.48. The number of aliphatic hydroxyl groups excluding tert-OH is 1. The Balaban J connectivity index is 1.32. The minimum Gasteiger partial charge on any atom is -0.457 e. The molecule has 0 saturated heterocycles. The maximum absolute atomic E-state index is 13.3. The van der Waals surface area contributed by atoms with E-state index in [1.54, 1.807) is 0 Å². The lowest BCUT2D eigenvalue weighted by Gasteiger charge is -2.42. The molecule has 7 heteroatoms. The largest absolute Gasteiger partial charge is 0.457 e. The summed E-state index contributed by atoms with van der Waals surface area (Å²) in [7, 11) is 1.98. The molecular weight excluding hydrogens is 476 g/mol. The topological polar surface area (TPSA) is 91.4 Å². The van der Waals surface area contributed by atoms with E-state index in [-0.39, 0.29) is 18.1 Å². The molecule has 2 aromatic rings. The second-order valence-corrected chi connectivity index (χ2v) is 11.3. The van der Waals surface area contributed by atoms with Gasteiger partial charge in [-0.2, -0.15) is 0 Å². The van der Waals surface area contributed by atoms with Crippen molar-refractivity contribution in [2.45, 2.75) is 95.4 Å².